The Morgan fingerprint density at radius 2 is 1.80 bits per heavy atom. The molecule has 1 rings (SSSR count). The van der Waals surface area contributed by atoms with Crippen LogP contribution in [0.5, 0.6) is 0 Å². The zero-order valence-electron chi connectivity index (χ0n) is 12.1. The average Bonchev–Trinajstić information content (AvgIpc) is 2.39. The summed E-state index contributed by atoms with van der Waals surface area (Å²) < 4.78 is 0. The molecule has 0 fully saturated rings. The number of aliphatic hydroxyl groups is 2. The Bertz CT molecular complexity index is 430. The maximum atomic E-state index is 11.1. The van der Waals surface area contributed by atoms with Crippen LogP contribution in [0.4, 0.5) is 0 Å². The van der Waals surface area contributed by atoms with Gasteiger partial charge >= 0.3 is 5.97 Å². The van der Waals surface area contributed by atoms with Crippen molar-refractivity contribution in [1.29, 1.82) is 0 Å². The lowest BCUT2D eigenvalue weighted by Gasteiger charge is -2.28. The second-order valence-electron chi connectivity index (χ2n) is 5.09. The lowest BCUT2D eigenvalue weighted by Crippen LogP contribution is -2.51. The Morgan fingerprint density at radius 1 is 1.25 bits per heavy atom. The minimum atomic E-state index is -1.13. The molecule has 0 aromatic heterocycles. The SMILES string of the molecule is CCC(NC(C(=O)O)C(C)O)C(O)c1ccc(C)cc1. The number of carbonyl (C=O) groups is 1. The van der Waals surface area contributed by atoms with Crippen LogP contribution in [0.2, 0.25) is 0 Å². The van der Waals surface area contributed by atoms with Crippen LogP contribution in [0, 0.1) is 6.92 Å². The van der Waals surface area contributed by atoms with Gasteiger partial charge in [0.05, 0.1) is 12.2 Å². The molecule has 1 aromatic rings. The Hall–Kier alpha value is -1.43. The predicted octanol–water partition coefficient (Wildman–Crippen LogP) is 1.23. The van der Waals surface area contributed by atoms with Crippen molar-refractivity contribution in [2.45, 2.75) is 51.5 Å². The van der Waals surface area contributed by atoms with Crippen LogP contribution < -0.4 is 5.32 Å². The van der Waals surface area contributed by atoms with E-state index in [4.69, 9.17) is 5.11 Å². The van der Waals surface area contributed by atoms with E-state index in [1.807, 2.05) is 38.1 Å². The fourth-order valence-corrected chi connectivity index (χ4v) is 2.08. The molecule has 4 N–H and O–H groups in total. The zero-order valence-corrected chi connectivity index (χ0v) is 12.1. The topological polar surface area (TPSA) is 89.8 Å². The van der Waals surface area contributed by atoms with Crippen LogP contribution in [-0.2, 0) is 4.79 Å². The van der Waals surface area contributed by atoms with Crippen LogP contribution in [-0.4, -0.2) is 39.5 Å². The molecule has 4 atom stereocenters. The number of carboxylic acids is 1. The van der Waals surface area contributed by atoms with E-state index in [-0.39, 0.29) is 0 Å². The molecule has 0 aliphatic heterocycles. The average molecular weight is 281 g/mol. The molecule has 5 nitrogen and oxygen atoms in total. The van der Waals surface area contributed by atoms with Crippen molar-refractivity contribution in [1.82, 2.24) is 5.32 Å². The highest BCUT2D eigenvalue weighted by Gasteiger charge is 2.29. The summed E-state index contributed by atoms with van der Waals surface area (Å²) in [6.07, 6.45) is -1.31. The molecule has 0 aliphatic carbocycles. The number of carboxylic acid groups (broad SMARTS) is 1. The third kappa shape index (κ3) is 4.30. The van der Waals surface area contributed by atoms with E-state index in [1.165, 1.54) is 6.92 Å². The van der Waals surface area contributed by atoms with E-state index in [2.05, 4.69) is 5.32 Å². The van der Waals surface area contributed by atoms with Crippen molar-refractivity contribution >= 4 is 5.97 Å². The molecule has 20 heavy (non-hydrogen) atoms. The summed E-state index contributed by atoms with van der Waals surface area (Å²) in [5.41, 5.74) is 1.82. The maximum absolute atomic E-state index is 11.1. The van der Waals surface area contributed by atoms with Gasteiger partial charge < -0.3 is 15.3 Å². The van der Waals surface area contributed by atoms with Gasteiger partial charge in [0.25, 0.3) is 0 Å². The summed E-state index contributed by atoms with van der Waals surface area (Å²) >= 11 is 0. The van der Waals surface area contributed by atoms with Gasteiger partial charge in [-0.15, -0.1) is 0 Å². The first-order valence-electron chi connectivity index (χ1n) is 6.78. The van der Waals surface area contributed by atoms with E-state index in [0.29, 0.717) is 6.42 Å². The van der Waals surface area contributed by atoms with Crippen LogP contribution in [0.3, 0.4) is 0 Å². The number of benzene rings is 1. The van der Waals surface area contributed by atoms with Crippen LogP contribution in [0.1, 0.15) is 37.5 Å². The van der Waals surface area contributed by atoms with Gasteiger partial charge in [0.2, 0.25) is 0 Å². The lowest BCUT2D eigenvalue weighted by molar-refractivity contribution is -0.142. The molecule has 4 unspecified atom stereocenters. The molecule has 1 aromatic carbocycles. The van der Waals surface area contributed by atoms with Gasteiger partial charge in [-0.25, -0.2) is 0 Å². The second-order valence-corrected chi connectivity index (χ2v) is 5.09. The summed E-state index contributed by atoms with van der Waals surface area (Å²) in [4.78, 5) is 11.1. The quantitative estimate of drug-likeness (QED) is 0.603. The highest BCUT2D eigenvalue weighted by Crippen LogP contribution is 2.20. The van der Waals surface area contributed by atoms with E-state index in [9.17, 15) is 15.0 Å². The largest absolute Gasteiger partial charge is 0.480 e. The summed E-state index contributed by atoms with van der Waals surface area (Å²) in [5, 5.41) is 31.7. The fourth-order valence-electron chi connectivity index (χ4n) is 2.08. The van der Waals surface area contributed by atoms with Gasteiger partial charge in [-0.1, -0.05) is 36.8 Å². The smallest absolute Gasteiger partial charge is 0.323 e. The standard InChI is InChI=1S/C15H23NO4/c1-4-12(16-13(10(3)17)15(19)20)14(18)11-7-5-9(2)6-8-11/h5-8,10,12-14,16-18H,4H2,1-3H3,(H,19,20). The van der Waals surface area contributed by atoms with Crippen molar-refractivity contribution in [3.05, 3.63) is 35.4 Å². The Balaban J connectivity index is 2.84. The van der Waals surface area contributed by atoms with Gasteiger partial charge in [-0.3, -0.25) is 10.1 Å². The first-order valence-corrected chi connectivity index (χ1v) is 6.78. The number of rotatable bonds is 7. The molecule has 0 heterocycles. The Labute approximate surface area is 119 Å². The normalized spacial score (nSPS) is 17.2. The summed E-state index contributed by atoms with van der Waals surface area (Å²) in [5.74, 6) is -1.13. The van der Waals surface area contributed by atoms with Crippen molar-refractivity contribution in [2.75, 3.05) is 0 Å². The summed E-state index contributed by atoms with van der Waals surface area (Å²) in [6.45, 7) is 5.23. The zero-order chi connectivity index (χ0) is 15.3. The Morgan fingerprint density at radius 3 is 2.20 bits per heavy atom. The Kier molecular flexibility index (Phi) is 6.13. The number of aliphatic hydroxyl groups excluding tert-OH is 2. The van der Waals surface area contributed by atoms with Gasteiger partial charge in [0, 0.05) is 6.04 Å². The predicted molar refractivity (Wildman–Crippen MR) is 76.5 cm³/mol. The second kappa shape index (κ2) is 7.38. The molecule has 0 spiro atoms. The van der Waals surface area contributed by atoms with E-state index in [1.54, 1.807) is 0 Å². The molecule has 0 bridgehead atoms. The number of hydrogen-bond donors (Lipinski definition) is 4. The number of aryl methyl sites for hydroxylation is 1. The van der Waals surface area contributed by atoms with Crippen molar-refractivity contribution in [3.8, 4) is 0 Å². The van der Waals surface area contributed by atoms with Gasteiger partial charge in [0.1, 0.15) is 6.04 Å². The minimum Gasteiger partial charge on any atom is -0.480 e. The fraction of sp³-hybridized carbons (Fsp3) is 0.533. The maximum Gasteiger partial charge on any atom is 0.323 e. The van der Waals surface area contributed by atoms with Crippen LogP contribution in [0.15, 0.2) is 24.3 Å². The molecule has 0 saturated heterocycles. The first kappa shape index (κ1) is 16.6. The van der Waals surface area contributed by atoms with Crippen molar-refractivity contribution < 1.29 is 20.1 Å². The van der Waals surface area contributed by atoms with Crippen LogP contribution in [0.25, 0.3) is 0 Å². The highest BCUT2D eigenvalue weighted by atomic mass is 16.4. The number of hydrogen-bond acceptors (Lipinski definition) is 4. The van der Waals surface area contributed by atoms with E-state index < -0.39 is 30.3 Å². The molecule has 0 saturated carbocycles. The van der Waals surface area contributed by atoms with Gasteiger partial charge in [-0.2, -0.15) is 0 Å². The summed E-state index contributed by atoms with van der Waals surface area (Å²) in [7, 11) is 0. The van der Waals surface area contributed by atoms with Crippen molar-refractivity contribution in [3.63, 3.8) is 0 Å². The van der Waals surface area contributed by atoms with E-state index >= 15 is 0 Å². The molecule has 5 heteroatoms. The van der Waals surface area contributed by atoms with Gasteiger partial charge in [0.15, 0.2) is 0 Å². The molecule has 0 amide bonds. The minimum absolute atomic E-state index is 0.437. The van der Waals surface area contributed by atoms with Crippen molar-refractivity contribution in [2.24, 2.45) is 0 Å². The third-order valence-corrected chi connectivity index (χ3v) is 3.38. The molecule has 112 valence electrons. The van der Waals surface area contributed by atoms with Gasteiger partial charge in [-0.05, 0) is 25.8 Å². The van der Waals surface area contributed by atoms with E-state index in [0.717, 1.165) is 11.1 Å². The molecular formula is C15H23NO4. The number of nitrogens with one attached hydrogen (secondary N) is 1. The number of aliphatic carboxylic acids is 1. The molecule has 0 radical (unpaired) electrons. The summed E-state index contributed by atoms with van der Waals surface area (Å²) in [6, 6.07) is 5.90. The highest BCUT2D eigenvalue weighted by molar-refractivity contribution is 5.74. The molecular weight excluding hydrogens is 258 g/mol. The molecule has 0 aliphatic rings. The van der Waals surface area contributed by atoms with Crippen LogP contribution >= 0.6 is 0 Å². The third-order valence-electron chi connectivity index (χ3n) is 3.38. The first-order chi connectivity index (χ1) is 9.36. The monoisotopic (exact) mass is 281 g/mol. The lowest BCUT2D eigenvalue weighted by atomic mass is 9.98.